The van der Waals surface area contributed by atoms with Gasteiger partial charge in [-0.1, -0.05) is 18.0 Å². The van der Waals surface area contributed by atoms with Crippen molar-refractivity contribution in [3.05, 3.63) is 11.7 Å². The number of hydrogen-bond acceptors (Lipinski definition) is 5. The summed E-state index contributed by atoms with van der Waals surface area (Å²) < 4.78 is 10.8. The highest BCUT2D eigenvalue weighted by molar-refractivity contribution is 5.02. The molecule has 5 heteroatoms. The third kappa shape index (κ3) is 2.42. The van der Waals surface area contributed by atoms with Crippen LogP contribution in [-0.2, 0) is 4.74 Å². The summed E-state index contributed by atoms with van der Waals surface area (Å²) in [5.74, 6) is 1.66. The van der Waals surface area contributed by atoms with Crippen molar-refractivity contribution < 1.29 is 14.4 Å². The Balaban J connectivity index is 1.71. The van der Waals surface area contributed by atoms with Crippen LogP contribution in [-0.4, -0.2) is 34.6 Å². The molecule has 2 fully saturated rings. The van der Waals surface area contributed by atoms with E-state index in [-0.39, 0.29) is 17.9 Å². The third-order valence-corrected chi connectivity index (χ3v) is 4.03. The van der Waals surface area contributed by atoms with E-state index >= 15 is 0 Å². The summed E-state index contributed by atoms with van der Waals surface area (Å²) in [6, 6.07) is 0. The number of rotatable bonds is 2. The summed E-state index contributed by atoms with van der Waals surface area (Å²) in [4.78, 5) is 4.49. The highest BCUT2D eigenvalue weighted by Gasteiger charge is 2.30. The molecular weight excluding hydrogens is 232 g/mol. The molecule has 3 rings (SSSR count). The molecule has 2 aliphatic rings. The summed E-state index contributed by atoms with van der Waals surface area (Å²) in [5.41, 5.74) is 0. The van der Waals surface area contributed by atoms with Crippen molar-refractivity contribution in [2.75, 3.05) is 13.2 Å². The molecule has 1 aromatic rings. The van der Waals surface area contributed by atoms with Gasteiger partial charge in [0.2, 0.25) is 5.89 Å². The molecule has 3 unspecified atom stereocenters. The lowest BCUT2D eigenvalue weighted by atomic mass is 9.86. The molecule has 2 heterocycles. The van der Waals surface area contributed by atoms with Crippen LogP contribution in [0.1, 0.15) is 62.1 Å². The average Bonchev–Trinajstić information content (AvgIpc) is 2.90. The molecule has 1 aliphatic carbocycles. The fraction of sp³-hybridized carbons (Fsp3) is 0.846. The van der Waals surface area contributed by atoms with Crippen molar-refractivity contribution in [3.8, 4) is 0 Å². The molecule has 0 spiro atoms. The first-order valence-electron chi connectivity index (χ1n) is 6.94. The van der Waals surface area contributed by atoms with Gasteiger partial charge in [-0.3, -0.25) is 0 Å². The van der Waals surface area contributed by atoms with E-state index in [4.69, 9.17) is 9.26 Å². The van der Waals surface area contributed by atoms with Crippen molar-refractivity contribution in [2.45, 2.75) is 56.5 Å². The lowest BCUT2D eigenvalue weighted by Crippen LogP contribution is -2.23. The summed E-state index contributed by atoms with van der Waals surface area (Å²) in [6.45, 7) is 1.52. The van der Waals surface area contributed by atoms with Gasteiger partial charge in [0.15, 0.2) is 5.82 Å². The Hall–Kier alpha value is -0.940. The first kappa shape index (κ1) is 12.1. The Labute approximate surface area is 107 Å². The highest BCUT2D eigenvalue weighted by Crippen LogP contribution is 2.33. The third-order valence-electron chi connectivity index (χ3n) is 4.03. The zero-order chi connectivity index (χ0) is 12.4. The van der Waals surface area contributed by atoms with Crippen molar-refractivity contribution in [1.82, 2.24) is 10.1 Å². The molecule has 1 N–H and O–H groups in total. The summed E-state index contributed by atoms with van der Waals surface area (Å²) in [7, 11) is 0. The van der Waals surface area contributed by atoms with Crippen LogP contribution in [0.25, 0.3) is 0 Å². The van der Waals surface area contributed by atoms with E-state index in [0.717, 1.165) is 51.0 Å². The van der Waals surface area contributed by atoms with E-state index < -0.39 is 0 Å². The van der Waals surface area contributed by atoms with Gasteiger partial charge in [0.1, 0.15) is 0 Å². The van der Waals surface area contributed by atoms with E-state index in [1.54, 1.807) is 0 Å². The molecule has 1 saturated carbocycles. The quantitative estimate of drug-likeness (QED) is 0.871. The van der Waals surface area contributed by atoms with E-state index in [1.807, 2.05) is 0 Å². The molecule has 0 bridgehead atoms. The minimum Gasteiger partial charge on any atom is -0.392 e. The smallest absolute Gasteiger partial charge is 0.232 e. The Morgan fingerprint density at radius 2 is 2.00 bits per heavy atom. The van der Waals surface area contributed by atoms with Gasteiger partial charge < -0.3 is 14.4 Å². The van der Waals surface area contributed by atoms with Gasteiger partial charge >= 0.3 is 0 Å². The number of nitrogens with zero attached hydrogens (tertiary/aromatic N) is 2. The topological polar surface area (TPSA) is 68.4 Å². The van der Waals surface area contributed by atoms with Gasteiger partial charge in [0, 0.05) is 12.5 Å². The molecule has 3 atom stereocenters. The number of ether oxygens (including phenoxy) is 1. The fourth-order valence-electron chi connectivity index (χ4n) is 2.91. The molecule has 0 radical (unpaired) electrons. The van der Waals surface area contributed by atoms with Gasteiger partial charge in [-0.25, -0.2) is 0 Å². The van der Waals surface area contributed by atoms with Crippen LogP contribution in [0, 0.1) is 0 Å². The predicted molar refractivity (Wildman–Crippen MR) is 64.3 cm³/mol. The zero-order valence-corrected chi connectivity index (χ0v) is 10.5. The second kappa shape index (κ2) is 5.36. The first-order chi connectivity index (χ1) is 8.84. The minimum absolute atomic E-state index is 0.0320. The average molecular weight is 252 g/mol. The molecule has 1 aliphatic heterocycles. The Bertz CT molecular complexity index is 387. The lowest BCUT2D eigenvalue weighted by molar-refractivity contribution is 0.0772. The van der Waals surface area contributed by atoms with E-state index in [9.17, 15) is 5.11 Å². The van der Waals surface area contributed by atoms with Crippen molar-refractivity contribution in [1.29, 1.82) is 0 Å². The fourth-order valence-corrected chi connectivity index (χ4v) is 2.91. The van der Waals surface area contributed by atoms with Gasteiger partial charge in [-0.2, -0.15) is 4.98 Å². The van der Waals surface area contributed by atoms with Crippen LogP contribution in [0.2, 0.25) is 0 Å². The summed E-state index contributed by atoms with van der Waals surface area (Å²) in [6.07, 6.45) is 5.81. The molecule has 0 aromatic carbocycles. The van der Waals surface area contributed by atoms with E-state index in [2.05, 4.69) is 10.1 Å². The molecule has 1 aromatic heterocycles. The van der Waals surface area contributed by atoms with Crippen molar-refractivity contribution in [3.63, 3.8) is 0 Å². The molecular formula is C13H20N2O3. The second-order valence-electron chi connectivity index (χ2n) is 5.36. The maximum atomic E-state index is 9.99. The van der Waals surface area contributed by atoms with Crippen LogP contribution in [0.4, 0.5) is 0 Å². The first-order valence-corrected chi connectivity index (χ1v) is 6.94. The monoisotopic (exact) mass is 252 g/mol. The van der Waals surface area contributed by atoms with Crippen LogP contribution >= 0.6 is 0 Å². The standard InChI is InChI=1S/C13H20N2O3/c16-11-6-2-1-5-10(11)13-14-12(15-18-13)9-4-3-7-17-8-9/h9-11,16H,1-8H2. The SMILES string of the molecule is OC1CCCCC1c1nc(C2CCCOC2)no1. The van der Waals surface area contributed by atoms with Crippen molar-refractivity contribution in [2.24, 2.45) is 0 Å². The maximum absolute atomic E-state index is 9.99. The molecule has 100 valence electrons. The summed E-state index contributed by atoms with van der Waals surface area (Å²) in [5, 5.41) is 14.1. The maximum Gasteiger partial charge on any atom is 0.232 e. The largest absolute Gasteiger partial charge is 0.392 e. The number of aromatic nitrogens is 2. The van der Waals surface area contributed by atoms with Crippen molar-refractivity contribution >= 4 is 0 Å². The minimum atomic E-state index is -0.324. The summed E-state index contributed by atoms with van der Waals surface area (Å²) >= 11 is 0. The van der Waals surface area contributed by atoms with Gasteiger partial charge in [0.25, 0.3) is 0 Å². The van der Waals surface area contributed by atoms with Crippen LogP contribution in [0.5, 0.6) is 0 Å². The Morgan fingerprint density at radius 1 is 1.11 bits per heavy atom. The highest BCUT2D eigenvalue weighted by atomic mass is 16.5. The van der Waals surface area contributed by atoms with Crippen LogP contribution in [0.15, 0.2) is 4.52 Å². The van der Waals surface area contributed by atoms with Gasteiger partial charge in [-0.15, -0.1) is 0 Å². The van der Waals surface area contributed by atoms with E-state index in [1.165, 1.54) is 0 Å². The second-order valence-corrected chi connectivity index (χ2v) is 5.36. The zero-order valence-electron chi connectivity index (χ0n) is 10.5. The van der Waals surface area contributed by atoms with Gasteiger partial charge in [0.05, 0.1) is 18.6 Å². The van der Waals surface area contributed by atoms with E-state index in [0.29, 0.717) is 12.5 Å². The Morgan fingerprint density at radius 3 is 2.78 bits per heavy atom. The molecule has 1 saturated heterocycles. The van der Waals surface area contributed by atoms with Crippen LogP contribution in [0.3, 0.4) is 0 Å². The normalized spacial score (nSPS) is 33.5. The molecule has 0 amide bonds. The van der Waals surface area contributed by atoms with Crippen LogP contribution < -0.4 is 0 Å². The predicted octanol–water partition coefficient (Wildman–Crippen LogP) is 1.98. The number of hydrogen-bond donors (Lipinski definition) is 1. The molecule has 5 nitrogen and oxygen atoms in total. The number of aliphatic hydroxyl groups excluding tert-OH is 1. The van der Waals surface area contributed by atoms with Gasteiger partial charge in [-0.05, 0) is 25.7 Å². The Kier molecular flexibility index (Phi) is 3.61. The lowest BCUT2D eigenvalue weighted by Gasteiger charge is -2.24. The molecule has 18 heavy (non-hydrogen) atoms. The number of aliphatic hydroxyl groups is 1.